The van der Waals surface area contributed by atoms with Gasteiger partial charge in [0.25, 0.3) is 0 Å². The van der Waals surface area contributed by atoms with Crippen LogP contribution in [0.3, 0.4) is 0 Å². The number of halogens is 5. The Morgan fingerprint density at radius 2 is 1.73 bits per heavy atom. The van der Waals surface area contributed by atoms with Crippen LogP contribution >= 0.6 is 0 Å². The molecule has 0 heterocycles. The van der Waals surface area contributed by atoms with E-state index in [0.717, 1.165) is 6.92 Å². The molecule has 0 radical (unpaired) electrons. The standard InChI is InChI=1S/C5H7F5O4S/c1-2-3(6)4(7,8)5(9,10)14-15(11,12)13/h3H,2H2,1H3,(H,11,12,13). The molecule has 15 heavy (non-hydrogen) atoms. The molecule has 0 bridgehead atoms. The van der Waals surface area contributed by atoms with Crippen LogP contribution in [0, 0.1) is 0 Å². The van der Waals surface area contributed by atoms with E-state index >= 15 is 0 Å². The molecule has 0 aromatic heterocycles. The fourth-order valence-corrected chi connectivity index (χ4v) is 1.00. The van der Waals surface area contributed by atoms with Crippen LogP contribution in [0.15, 0.2) is 0 Å². The van der Waals surface area contributed by atoms with Gasteiger partial charge in [-0.2, -0.15) is 30.2 Å². The molecule has 0 saturated heterocycles. The van der Waals surface area contributed by atoms with Gasteiger partial charge in [0, 0.05) is 0 Å². The highest BCUT2D eigenvalue weighted by Gasteiger charge is 2.65. The first-order valence-electron chi connectivity index (χ1n) is 3.51. The lowest BCUT2D eigenvalue weighted by Crippen LogP contribution is -2.50. The Balaban J connectivity index is 5.01. The van der Waals surface area contributed by atoms with E-state index in [4.69, 9.17) is 4.55 Å². The molecule has 10 heteroatoms. The van der Waals surface area contributed by atoms with E-state index < -0.39 is 35.0 Å². The molecular formula is C5H7F5O4S. The minimum absolute atomic E-state index is 0.849. The van der Waals surface area contributed by atoms with Crippen molar-refractivity contribution in [1.82, 2.24) is 0 Å². The molecule has 0 aliphatic rings. The fraction of sp³-hybridized carbons (Fsp3) is 1.00. The predicted octanol–water partition coefficient (Wildman–Crippen LogP) is 1.78. The lowest BCUT2D eigenvalue weighted by Gasteiger charge is -2.26. The van der Waals surface area contributed by atoms with Crippen molar-refractivity contribution in [1.29, 1.82) is 0 Å². The van der Waals surface area contributed by atoms with Gasteiger partial charge in [-0.25, -0.2) is 4.39 Å². The van der Waals surface area contributed by atoms with Crippen LogP contribution in [0.1, 0.15) is 13.3 Å². The van der Waals surface area contributed by atoms with Crippen molar-refractivity contribution in [2.75, 3.05) is 0 Å². The van der Waals surface area contributed by atoms with Crippen LogP contribution in [-0.4, -0.2) is 31.2 Å². The Morgan fingerprint density at radius 3 is 2.00 bits per heavy atom. The molecule has 0 spiro atoms. The van der Waals surface area contributed by atoms with Gasteiger partial charge in [-0.3, -0.25) is 4.55 Å². The maximum absolute atomic E-state index is 12.5. The SMILES string of the molecule is CCC(F)C(F)(F)C(F)(F)OS(=O)(=O)O. The molecular weight excluding hydrogens is 251 g/mol. The summed E-state index contributed by atoms with van der Waals surface area (Å²) in [5, 5.41) is 0. The van der Waals surface area contributed by atoms with E-state index in [1.54, 1.807) is 0 Å². The molecule has 0 aromatic carbocycles. The average molecular weight is 258 g/mol. The normalized spacial score (nSPS) is 16.5. The summed E-state index contributed by atoms with van der Waals surface area (Å²) in [6, 6.07) is 0. The molecule has 1 N–H and O–H groups in total. The Morgan fingerprint density at radius 1 is 1.33 bits per heavy atom. The summed E-state index contributed by atoms with van der Waals surface area (Å²) in [5.74, 6) is -5.35. The van der Waals surface area contributed by atoms with Gasteiger partial charge >= 0.3 is 22.4 Å². The predicted molar refractivity (Wildman–Crippen MR) is 37.7 cm³/mol. The first kappa shape index (κ1) is 14.5. The van der Waals surface area contributed by atoms with Gasteiger partial charge in [0.15, 0.2) is 6.17 Å². The minimum Gasteiger partial charge on any atom is -0.263 e. The lowest BCUT2D eigenvalue weighted by atomic mass is 10.1. The second-order valence-electron chi connectivity index (χ2n) is 2.53. The summed E-state index contributed by atoms with van der Waals surface area (Å²) in [6.07, 6.45) is -9.91. The maximum atomic E-state index is 12.5. The van der Waals surface area contributed by atoms with Crippen LogP contribution in [0.5, 0.6) is 0 Å². The van der Waals surface area contributed by atoms with Gasteiger partial charge in [0.2, 0.25) is 0 Å². The first-order valence-corrected chi connectivity index (χ1v) is 4.88. The summed E-state index contributed by atoms with van der Waals surface area (Å²) in [4.78, 5) is 0. The van der Waals surface area contributed by atoms with Crippen molar-refractivity contribution in [2.45, 2.75) is 31.5 Å². The van der Waals surface area contributed by atoms with E-state index in [1.807, 2.05) is 0 Å². The Hall–Kier alpha value is -0.480. The van der Waals surface area contributed by atoms with Crippen LogP contribution in [0.25, 0.3) is 0 Å². The maximum Gasteiger partial charge on any atom is 0.437 e. The largest absolute Gasteiger partial charge is 0.437 e. The Bertz CT molecular complexity index is 313. The summed E-state index contributed by atoms with van der Waals surface area (Å²) < 4.78 is 92.0. The first-order chi connectivity index (χ1) is 6.44. The quantitative estimate of drug-likeness (QED) is 0.603. The molecule has 1 unspecified atom stereocenters. The zero-order valence-electron chi connectivity index (χ0n) is 7.25. The molecule has 0 aliphatic carbocycles. The molecule has 4 nitrogen and oxygen atoms in total. The van der Waals surface area contributed by atoms with Gasteiger partial charge in [0.05, 0.1) is 0 Å². The van der Waals surface area contributed by atoms with Gasteiger partial charge in [-0.15, -0.1) is 0 Å². The average Bonchev–Trinajstić information content (AvgIpc) is 1.97. The van der Waals surface area contributed by atoms with Crippen molar-refractivity contribution in [3.05, 3.63) is 0 Å². The highest BCUT2D eigenvalue weighted by Crippen LogP contribution is 2.41. The molecule has 0 rings (SSSR count). The van der Waals surface area contributed by atoms with E-state index in [1.165, 1.54) is 0 Å². The molecule has 0 saturated carbocycles. The van der Waals surface area contributed by atoms with Gasteiger partial charge in [-0.05, 0) is 6.42 Å². The second kappa shape index (κ2) is 4.18. The molecule has 0 aromatic rings. The van der Waals surface area contributed by atoms with E-state index in [2.05, 4.69) is 4.18 Å². The van der Waals surface area contributed by atoms with Crippen LogP contribution in [0.4, 0.5) is 22.0 Å². The topological polar surface area (TPSA) is 63.6 Å². The number of rotatable bonds is 5. The number of hydrogen-bond acceptors (Lipinski definition) is 3. The third kappa shape index (κ3) is 3.54. The van der Waals surface area contributed by atoms with Gasteiger partial charge in [-0.1, -0.05) is 6.92 Å². The van der Waals surface area contributed by atoms with Crippen molar-refractivity contribution < 1.29 is 39.1 Å². The zero-order valence-corrected chi connectivity index (χ0v) is 8.07. The van der Waals surface area contributed by atoms with Crippen molar-refractivity contribution in [3.8, 4) is 0 Å². The molecule has 0 aliphatic heterocycles. The van der Waals surface area contributed by atoms with Crippen molar-refractivity contribution in [3.63, 3.8) is 0 Å². The number of alkyl halides is 5. The summed E-state index contributed by atoms with van der Waals surface area (Å²) in [7, 11) is -5.80. The monoisotopic (exact) mass is 258 g/mol. The second-order valence-corrected chi connectivity index (χ2v) is 3.55. The smallest absolute Gasteiger partial charge is 0.263 e. The van der Waals surface area contributed by atoms with E-state index in [0.29, 0.717) is 0 Å². The van der Waals surface area contributed by atoms with E-state index in [9.17, 15) is 30.4 Å². The minimum atomic E-state index is -5.80. The lowest BCUT2D eigenvalue weighted by molar-refractivity contribution is -0.327. The van der Waals surface area contributed by atoms with Crippen LogP contribution in [-0.2, 0) is 14.6 Å². The molecule has 1 atom stereocenters. The third-order valence-corrected chi connectivity index (χ3v) is 1.77. The van der Waals surface area contributed by atoms with Crippen LogP contribution in [0.2, 0.25) is 0 Å². The molecule has 0 fully saturated rings. The number of hydrogen-bond donors (Lipinski definition) is 1. The highest BCUT2D eigenvalue weighted by atomic mass is 32.3. The Kier molecular flexibility index (Phi) is 4.05. The Labute approximate surface area is 82.0 Å². The van der Waals surface area contributed by atoms with Crippen molar-refractivity contribution >= 4 is 10.4 Å². The fourth-order valence-electron chi connectivity index (χ4n) is 0.627. The summed E-state index contributed by atoms with van der Waals surface area (Å²) >= 11 is 0. The van der Waals surface area contributed by atoms with Gasteiger partial charge in [0.1, 0.15) is 0 Å². The van der Waals surface area contributed by atoms with E-state index in [-0.39, 0.29) is 0 Å². The third-order valence-electron chi connectivity index (χ3n) is 1.35. The van der Waals surface area contributed by atoms with Crippen molar-refractivity contribution in [2.24, 2.45) is 0 Å². The summed E-state index contributed by atoms with van der Waals surface area (Å²) in [6.45, 7) is 0.849. The zero-order chi connectivity index (χ0) is 12.5. The molecule has 92 valence electrons. The van der Waals surface area contributed by atoms with Crippen LogP contribution < -0.4 is 0 Å². The highest BCUT2D eigenvalue weighted by molar-refractivity contribution is 7.80. The molecule has 0 amide bonds. The summed E-state index contributed by atoms with van der Waals surface area (Å²) in [5.41, 5.74) is 0. The van der Waals surface area contributed by atoms with Gasteiger partial charge < -0.3 is 0 Å².